The van der Waals surface area contributed by atoms with Crippen molar-refractivity contribution in [1.29, 1.82) is 0 Å². The summed E-state index contributed by atoms with van der Waals surface area (Å²) in [6.45, 7) is 2.86. The number of nitrogens with zero attached hydrogens (tertiary/aromatic N) is 5. The van der Waals surface area contributed by atoms with Gasteiger partial charge in [-0.05, 0) is 29.0 Å². The van der Waals surface area contributed by atoms with Crippen molar-refractivity contribution >= 4 is 11.8 Å². The van der Waals surface area contributed by atoms with E-state index in [1.807, 2.05) is 0 Å². The normalized spacial score (nSPS) is 13.9. The van der Waals surface area contributed by atoms with Crippen molar-refractivity contribution in [3.63, 3.8) is 0 Å². The van der Waals surface area contributed by atoms with E-state index in [1.54, 1.807) is 28.9 Å². The topological polar surface area (TPSA) is 81.0 Å². The van der Waals surface area contributed by atoms with Gasteiger partial charge in [0.1, 0.15) is 0 Å². The fourth-order valence-corrected chi connectivity index (χ4v) is 2.34. The zero-order valence-electron chi connectivity index (χ0n) is 11.7. The average molecular weight is 285 g/mol. The first-order valence-corrected chi connectivity index (χ1v) is 6.92. The van der Waals surface area contributed by atoms with Crippen LogP contribution in [0.5, 0.6) is 0 Å². The smallest absolute Gasteiger partial charge is 0.261 e. The van der Waals surface area contributed by atoms with Gasteiger partial charge in [0.25, 0.3) is 11.8 Å². The predicted octanol–water partition coefficient (Wildman–Crippen LogP) is 1.27. The summed E-state index contributed by atoms with van der Waals surface area (Å²) in [7, 11) is 0. The maximum atomic E-state index is 12.3. The van der Waals surface area contributed by atoms with Crippen molar-refractivity contribution in [2.45, 2.75) is 32.9 Å². The van der Waals surface area contributed by atoms with Crippen LogP contribution in [0.4, 0.5) is 0 Å². The minimum atomic E-state index is -0.291. The molecule has 2 heterocycles. The van der Waals surface area contributed by atoms with Crippen molar-refractivity contribution in [3.05, 3.63) is 41.2 Å². The van der Waals surface area contributed by atoms with Crippen molar-refractivity contribution < 1.29 is 9.59 Å². The lowest BCUT2D eigenvalue weighted by molar-refractivity contribution is 0.0636. The summed E-state index contributed by atoms with van der Waals surface area (Å²) in [5, 5.41) is 11.5. The van der Waals surface area contributed by atoms with Crippen LogP contribution < -0.4 is 0 Å². The van der Waals surface area contributed by atoms with Gasteiger partial charge in [0.2, 0.25) is 0 Å². The summed E-state index contributed by atoms with van der Waals surface area (Å²) < 4.78 is 1.65. The van der Waals surface area contributed by atoms with E-state index < -0.39 is 0 Å². The van der Waals surface area contributed by atoms with Crippen LogP contribution in [-0.2, 0) is 13.1 Å². The van der Waals surface area contributed by atoms with E-state index in [4.69, 9.17) is 0 Å². The molecule has 0 saturated carbocycles. The number of fused-ring (bicyclic) bond motifs is 1. The molecule has 7 heteroatoms. The van der Waals surface area contributed by atoms with Crippen molar-refractivity contribution in [3.8, 4) is 0 Å². The quantitative estimate of drug-likeness (QED) is 0.773. The zero-order valence-corrected chi connectivity index (χ0v) is 11.7. The van der Waals surface area contributed by atoms with Gasteiger partial charge in [-0.15, -0.1) is 5.10 Å². The first kappa shape index (κ1) is 13.4. The highest BCUT2D eigenvalue weighted by molar-refractivity contribution is 6.21. The molecule has 2 aromatic rings. The molecule has 0 fully saturated rings. The number of amides is 2. The number of rotatable bonds is 5. The highest BCUT2D eigenvalue weighted by Gasteiger charge is 2.35. The maximum Gasteiger partial charge on any atom is 0.261 e. The molecule has 7 nitrogen and oxygen atoms in total. The Morgan fingerprint density at radius 3 is 2.38 bits per heavy atom. The Balaban J connectivity index is 1.83. The molecule has 1 aromatic heterocycles. The Labute approximate surface area is 121 Å². The number of tetrazole rings is 1. The van der Waals surface area contributed by atoms with E-state index in [9.17, 15) is 9.59 Å². The summed E-state index contributed by atoms with van der Waals surface area (Å²) >= 11 is 0. The monoisotopic (exact) mass is 285 g/mol. The van der Waals surface area contributed by atoms with Gasteiger partial charge in [-0.2, -0.15) is 0 Å². The van der Waals surface area contributed by atoms with Crippen LogP contribution >= 0.6 is 0 Å². The Morgan fingerprint density at radius 2 is 1.76 bits per heavy atom. The van der Waals surface area contributed by atoms with E-state index in [0.717, 1.165) is 12.8 Å². The van der Waals surface area contributed by atoms with Crippen LogP contribution in [0.3, 0.4) is 0 Å². The number of carbonyl (C=O) groups excluding carboxylic acids is 2. The third kappa shape index (κ3) is 2.31. The van der Waals surface area contributed by atoms with Crippen molar-refractivity contribution in [1.82, 2.24) is 25.1 Å². The molecular formula is C14H15N5O2. The SMILES string of the molecule is CCCCn1nnnc1CN1C(=O)c2ccccc2C1=O. The standard InChI is InChI=1S/C14H15N5O2/c1-2-3-8-19-12(15-16-17-19)9-18-13(20)10-6-4-5-7-11(10)14(18)21/h4-7H,2-3,8-9H2,1H3. The van der Waals surface area contributed by atoms with Gasteiger partial charge in [0, 0.05) is 6.54 Å². The molecule has 0 radical (unpaired) electrons. The molecule has 3 rings (SSSR count). The maximum absolute atomic E-state index is 12.3. The number of hydrogen-bond donors (Lipinski definition) is 0. The van der Waals surface area contributed by atoms with Gasteiger partial charge in [0.15, 0.2) is 5.82 Å². The van der Waals surface area contributed by atoms with Crippen LogP contribution in [0.2, 0.25) is 0 Å². The second-order valence-electron chi connectivity index (χ2n) is 4.91. The van der Waals surface area contributed by atoms with Gasteiger partial charge in [0.05, 0.1) is 17.7 Å². The minimum absolute atomic E-state index is 0.100. The number of imide groups is 1. The highest BCUT2D eigenvalue weighted by Crippen LogP contribution is 2.23. The molecule has 0 bridgehead atoms. The summed E-state index contributed by atoms with van der Waals surface area (Å²) in [6.07, 6.45) is 1.96. The van der Waals surface area contributed by atoms with E-state index >= 15 is 0 Å². The Bertz CT molecular complexity index is 659. The van der Waals surface area contributed by atoms with E-state index in [1.165, 1.54) is 4.90 Å². The summed E-state index contributed by atoms with van der Waals surface area (Å²) in [5.74, 6) is -0.0563. The first-order chi connectivity index (χ1) is 10.2. The molecule has 108 valence electrons. The molecule has 0 unspecified atom stereocenters. The van der Waals surface area contributed by atoms with Crippen LogP contribution in [0, 0.1) is 0 Å². The van der Waals surface area contributed by atoms with Gasteiger partial charge in [-0.3, -0.25) is 14.5 Å². The fraction of sp³-hybridized carbons (Fsp3) is 0.357. The molecule has 1 aromatic carbocycles. The molecule has 0 saturated heterocycles. The van der Waals surface area contributed by atoms with Crippen LogP contribution in [-0.4, -0.2) is 36.9 Å². The Kier molecular flexibility index (Phi) is 3.47. The molecule has 0 atom stereocenters. The van der Waals surface area contributed by atoms with Gasteiger partial charge in [-0.25, -0.2) is 4.68 Å². The fourth-order valence-electron chi connectivity index (χ4n) is 2.34. The molecule has 0 aliphatic carbocycles. The molecule has 21 heavy (non-hydrogen) atoms. The number of unbranched alkanes of at least 4 members (excludes halogenated alkanes) is 1. The third-order valence-corrected chi connectivity index (χ3v) is 3.51. The molecule has 1 aliphatic rings. The highest BCUT2D eigenvalue weighted by atomic mass is 16.2. The molecule has 2 amide bonds. The van der Waals surface area contributed by atoms with Crippen LogP contribution in [0.25, 0.3) is 0 Å². The van der Waals surface area contributed by atoms with Gasteiger partial charge >= 0.3 is 0 Å². The average Bonchev–Trinajstić information content (AvgIpc) is 3.04. The molecule has 0 N–H and O–H groups in total. The lowest BCUT2D eigenvalue weighted by Crippen LogP contribution is -2.30. The zero-order chi connectivity index (χ0) is 14.8. The Hall–Kier alpha value is -2.57. The number of carbonyl (C=O) groups is 2. The molecule has 0 spiro atoms. The largest absolute Gasteiger partial charge is 0.269 e. The number of aromatic nitrogens is 4. The number of aryl methyl sites for hydroxylation is 1. The van der Waals surface area contributed by atoms with Crippen molar-refractivity contribution in [2.24, 2.45) is 0 Å². The van der Waals surface area contributed by atoms with E-state index in [-0.39, 0.29) is 18.4 Å². The van der Waals surface area contributed by atoms with Crippen LogP contribution in [0.1, 0.15) is 46.3 Å². The third-order valence-electron chi connectivity index (χ3n) is 3.51. The predicted molar refractivity (Wildman–Crippen MR) is 73.4 cm³/mol. The minimum Gasteiger partial charge on any atom is -0.269 e. The van der Waals surface area contributed by atoms with Gasteiger partial charge in [-0.1, -0.05) is 25.5 Å². The number of hydrogen-bond acceptors (Lipinski definition) is 5. The first-order valence-electron chi connectivity index (χ1n) is 6.92. The number of benzene rings is 1. The van der Waals surface area contributed by atoms with Crippen molar-refractivity contribution in [2.75, 3.05) is 0 Å². The van der Waals surface area contributed by atoms with E-state index in [2.05, 4.69) is 22.4 Å². The van der Waals surface area contributed by atoms with E-state index in [0.29, 0.717) is 23.5 Å². The lowest BCUT2D eigenvalue weighted by Gasteiger charge is -2.13. The Morgan fingerprint density at radius 1 is 1.10 bits per heavy atom. The second kappa shape index (κ2) is 5.43. The summed E-state index contributed by atoms with van der Waals surface area (Å²) in [5.41, 5.74) is 0.880. The lowest BCUT2D eigenvalue weighted by atomic mass is 10.1. The van der Waals surface area contributed by atoms with Gasteiger partial charge < -0.3 is 0 Å². The summed E-state index contributed by atoms with van der Waals surface area (Å²) in [6, 6.07) is 6.82. The second-order valence-corrected chi connectivity index (χ2v) is 4.91. The summed E-state index contributed by atoms with van der Waals surface area (Å²) in [4.78, 5) is 25.8. The van der Waals surface area contributed by atoms with Crippen LogP contribution in [0.15, 0.2) is 24.3 Å². The molecular weight excluding hydrogens is 270 g/mol. The molecule has 1 aliphatic heterocycles.